The summed E-state index contributed by atoms with van der Waals surface area (Å²) >= 11 is 6.23. The lowest BCUT2D eigenvalue weighted by Gasteiger charge is -2.27. The van der Waals surface area contributed by atoms with Crippen LogP contribution in [0.15, 0.2) is 77.6 Å². The van der Waals surface area contributed by atoms with Gasteiger partial charge in [-0.15, -0.1) is 0 Å². The van der Waals surface area contributed by atoms with Gasteiger partial charge in [0.25, 0.3) is 0 Å². The molecular formula is C29H27ClF3NO3. The summed E-state index contributed by atoms with van der Waals surface area (Å²) < 4.78 is 51.2. The van der Waals surface area contributed by atoms with Crippen molar-refractivity contribution in [2.24, 2.45) is 0 Å². The van der Waals surface area contributed by atoms with Crippen LogP contribution in [0.4, 0.5) is 13.2 Å². The zero-order valence-corrected chi connectivity index (χ0v) is 21.3. The molecule has 2 aromatic carbocycles. The second kappa shape index (κ2) is 11.4. The summed E-state index contributed by atoms with van der Waals surface area (Å²) in [7, 11) is 0. The van der Waals surface area contributed by atoms with E-state index in [0.717, 1.165) is 28.3 Å². The van der Waals surface area contributed by atoms with E-state index in [1.807, 2.05) is 36.4 Å². The lowest BCUT2D eigenvalue weighted by Crippen LogP contribution is -2.30. The van der Waals surface area contributed by atoms with Gasteiger partial charge in [-0.2, -0.15) is 13.2 Å². The highest BCUT2D eigenvalue weighted by atomic mass is 35.5. The van der Waals surface area contributed by atoms with Crippen LogP contribution in [0.3, 0.4) is 0 Å². The number of ether oxygens (including phenoxy) is 1. The number of hydrogen-bond donors (Lipinski definition) is 0. The Balaban J connectivity index is 1.62. The molecule has 0 bridgehead atoms. The zero-order valence-electron chi connectivity index (χ0n) is 20.5. The van der Waals surface area contributed by atoms with Crippen LogP contribution in [0.1, 0.15) is 42.0 Å². The van der Waals surface area contributed by atoms with Crippen molar-refractivity contribution in [1.29, 1.82) is 0 Å². The SMILES string of the molecule is CC(=O)Oc1c(CCN(Cc2cccc(C(F)(F)F)c2Cl)CC(C)c2ccccc2)cc2coccc1-2. The number of nitrogens with zero attached hydrogens (tertiary/aromatic N) is 1. The van der Waals surface area contributed by atoms with Gasteiger partial charge in [-0.1, -0.05) is 61.0 Å². The average molecular weight is 530 g/mol. The molecule has 4 rings (SSSR count). The molecule has 4 nitrogen and oxygen atoms in total. The third-order valence-electron chi connectivity index (χ3n) is 6.31. The summed E-state index contributed by atoms with van der Waals surface area (Å²) in [5, 5.41) is -0.284. The van der Waals surface area contributed by atoms with Gasteiger partial charge in [-0.05, 0) is 47.2 Å². The van der Waals surface area contributed by atoms with Crippen molar-refractivity contribution in [2.75, 3.05) is 13.1 Å². The Bertz CT molecular complexity index is 1320. The fraction of sp³-hybridized carbons (Fsp3) is 0.276. The van der Waals surface area contributed by atoms with Crippen molar-refractivity contribution >= 4 is 17.6 Å². The van der Waals surface area contributed by atoms with Gasteiger partial charge in [-0.25, -0.2) is 0 Å². The molecule has 1 unspecified atom stereocenters. The van der Waals surface area contributed by atoms with E-state index in [9.17, 15) is 18.0 Å². The number of rotatable bonds is 9. The van der Waals surface area contributed by atoms with Gasteiger partial charge in [0.2, 0.25) is 0 Å². The van der Waals surface area contributed by atoms with Crippen LogP contribution >= 0.6 is 11.6 Å². The molecule has 0 N–H and O–H groups in total. The molecule has 2 aromatic rings. The number of esters is 1. The quantitative estimate of drug-likeness (QED) is 0.207. The first kappa shape index (κ1) is 26.8. The highest BCUT2D eigenvalue weighted by molar-refractivity contribution is 6.32. The maximum absolute atomic E-state index is 13.5. The first-order valence-electron chi connectivity index (χ1n) is 11.9. The Morgan fingerprint density at radius 3 is 2.54 bits per heavy atom. The van der Waals surface area contributed by atoms with Crippen LogP contribution in [0.25, 0.3) is 11.1 Å². The molecule has 1 aliphatic carbocycles. The van der Waals surface area contributed by atoms with Crippen LogP contribution in [0.5, 0.6) is 5.75 Å². The third-order valence-corrected chi connectivity index (χ3v) is 6.75. The molecule has 1 aliphatic heterocycles. The first-order chi connectivity index (χ1) is 17.6. The summed E-state index contributed by atoms with van der Waals surface area (Å²) in [6.07, 6.45) is -0.921. The molecule has 0 fully saturated rings. The lowest BCUT2D eigenvalue weighted by atomic mass is 10.00. The molecule has 0 aromatic heterocycles. The minimum absolute atomic E-state index is 0.122. The molecule has 0 amide bonds. The highest BCUT2D eigenvalue weighted by Gasteiger charge is 2.34. The number of benzene rings is 2. The molecule has 0 saturated heterocycles. The van der Waals surface area contributed by atoms with Crippen LogP contribution in [-0.4, -0.2) is 24.0 Å². The predicted octanol–water partition coefficient (Wildman–Crippen LogP) is 7.83. The molecule has 1 atom stereocenters. The van der Waals surface area contributed by atoms with E-state index in [4.69, 9.17) is 20.8 Å². The summed E-state index contributed by atoms with van der Waals surface area (Å²) in [4.78, 5) is 13.9. The fourth-order valence-corrected chi connectivity index (χ4v) is 4.82. The Morgan fingerprint density at radius 2 is 1.84 bits per heavy atom. The number of halogens is 4. The number of hydrogen-bond acceptors (Lipinski definition) is 4. The highest BCUT2D eigenvalue weighted by Crippen LogP contribution is 2.39. The van der Waals surface area contributed by atoms with Crippen LogP contribution in [0.2, 0.25) is 5.02 Å². The molecule has 0 radical (unpaired) electrons. The van der Waals surface area contributed by atoms with E-state index in [1.165, 1.54) is 19.3 Å². The minimum Gasteiger partial charge on any atom is -0.472 e. The molecule has 0 saturated carbocycles. The number of carbonyl (C=O) groups is 1. The molecule has 1 heterocycles. The normalized spacial score (nSPS) is 12.7. The van der Waals surface area contributed by atoms with Crippen LogP contribution in [0, 0.1) is 0 Å². The third kappa shape index (κ3) is 6.53. The topological polar surface area (TPSA) is 42.7 Å². The summed E-state index contributed by atoms with van der Waals surface area (Å²) in [6.45, 7) is 4.76. The van der Waals surface area contributed by atoms with E-state index in [-0.39, 0.29) is 17.5 Å². The van der Waals surface area contributed by atoms with Crippen LogP contribution < -0.4 is 4.74 Å². The molecule has 194 valence electrons. The van der Waals surface area contributed by atoms with Crippen molar-refractivity contribution in [2.45, 2.75) is 38.9 Å². The molecule has 37 heavy (non-hydrogen) atoms. The zero-order chi connectivity index (χ0) is 26.6. The number of alkyl halides is 3. The van der Waals surface area contributed by atoms with Crippen molar-refractivity contribution in [3.05, 3.63) is 100 Å². The van der Waals surface area contributed by atoms with E-state index in [0.29, 0.717) is 30.8 Å². The lowest BCUT2D eigenvalue weighted by molar-refractivity contribution is -0.137. The van der Waals surface area contributed by atoms with Gasteiger partial charge in [-0.3, -0.25) is 9.69 Å². The Labute approximate surface area is 218 Å². The second-order valence-corrected chi connectivity index (χ2v) is 9.47. The van der Waals surface area contributed by atoms with Gasteiger partial charge >= 0.3 is 12.1 Å². The summed E-state index contributed by atoms with van der Waals surface area (Å²) in [5.41, 5.74) is 3.08. The summed E-state index contributed by atoms with van der Waals surface area (Å²) in [5.74, 6) is 0.169. The molecule has 2 aliphatic rings. The largest absolute Gasteiger partial charge is 0.472 e. The van der Waals surface area contributed by atoms with Gasteiger partial charge in [0.15, 0.2) is 0 Å². The standard InChI is InChI=1S/C29H27ClF3NO3/c1-19(21-7-4-3-5-8-21)16-34(17-23-9-6-10-26(27(23)30)29(31,32)33)13-11-22-15-24-18-36-14-12-25(24)28(22)37-20(2)35/h3-10,12,14-15,18-19H,11,13,16-17H2,1-2H3. The van der Waals surface area contributed by atoms with E-state index in [1.54, 1.807) is 18.4 Å². The van der Waals surface area contributed by atoms with Crippen molar-refractivity contribution in [3.63, 3.8) is 0 Å². The molecule has 0 spiro atoms. The van der Waals surface area contributed by atoms with E-state index >= 15 is 0 Å². The van der Waals surface area contributed by atoms with Gasteiger partial charge < -0.3 is 9.15 Å². The minimum atomic E-state index is -4.53. The van der Waals surface area contributed by atoms with Crippen molar-refractivity contribution in [3.8, 4) is 16.9 Å². The maximum atomic E-state index is 13.5. The predicted molar refractivity (Wildman–Crippen MR) is 137 cm³/mol. The van der Waals surface area contributed by atoms with Crippen LogP contribution in [-0.2, 0) is 23.9 Å². The molecular weight excluding hydrogens is 503 g/mol. The van der Waals surface area contributed by atoms with Crippen molar-refractivity contribution in [1.82, 2.24) is 4.90 Å². The molecule has 8 heteroatoms. The fourth-order valence-electron chi connectivity index (χ4n) is 4.52. The van der Waals surface area contributed by atoms with Gasteiger partial charge in [0.1, 0.15) is 5.75 Å². The van der Waals surface area contributed by atoms with Gasteiger partial charge in [0, 0.05) is 37.7 Å². The van der Waals surface area contributed by atoms with Gasteiger partial charge in [0.05, 0.1) is 23.1 Å². The second-order valence-electron chi connectivity index (χ2n) is 9.09. The Kier molecular flexibility index (Phi) is 8.25. The monoisotopic (exact) mass is 529 g/mol. The average Bonchev–Trinajstić information content (AvgIpc) is 3.20. The number of fused-ring (bicyclic) bond motifs is 1. The van der Waals surface area contributed by atoms with E-state index in [2.05, 4.69) is 11.8 Å². The number of carbonyl (C=O) groups excluding carboxylic acids is 1. The Morgan fingerprint density at radius 1 is 1.08 bits per heavy atom. The first-order valence-corrected chi connectivity index (χ1v) is 12.3. The maximum Gasteiger partial charge on any atom is 0.417 e. The smallest absolute Gasteiger partial charge is 0.417 e. The summed E-state index contributed by atoms with van der Waals surface area (Å²) in [6, 6.07) is 17.6. The van der Waals surface area contributed by atoms with E-state index < -0.39 is 17.7 Å². The Hall–Kier alpha value is -3.29. The van der Waals surface area contributed by atoms with Crippen molar-refractivity contribution < 1.29 is 27.1 Å².